The summed E-state index contributed by atoms with van der Waals surface area (Å²) < 4.78 is 0. The molecule has 2 rings (SSSR count). The minimum atomic E-state index is -0.593. The number of nitrogen functional groups attached to an aromatic ring is 1. The number of nitrogens with two attached hydrogens (primary N) is 1. The van der Waals surface area contributed by atoms with Crippen molar-refractivity contribution in [2.24, 2.45) is 0 Å². The molecule has 0 fully saturated rings. The molecule has 110 valence electrons. The highest BCUT2D eigenvalue weighted by atomic mass is 35.5. The van der Waals surface area contributed by atoms with Gasteiger partial charge >= 0.3 is 6.03 Å². The van der Waals surface area contributed by atoms with Gasteiger partial charge in [-0.05, 0) is 24.3 Å². The molecule has 5 N–H and O–H groups in total. The Kier molecular flexibility index (Phi) is 4.67. The largest absolute Gasteiger partial charge is 0.506 e. The highest BCUT2D eigenvalue weighted by molar-refractivity contribution is 6.35. The number of halogens is 3. The number of amides is 2. The second kappa shape index (κ2) is 6.30. The van der Waals surface area contributed by atoms with Crippen molar-refractivity contribution in [3.05, 3.63) is 45.4 Å². The van der Waals surface area contributed by atoms with Crippen molar-refractivity contribution in [3.8, 4) is 5.75 Å². The Morgan fingerprint density at radius 1 is 1.00 bits per heavy atom. The summed E-state index contributed by atoms with van der Waals surface area (Å²) in [7, 11) is 0. The van der Waals surface area contributed by atoms with Crippen LogP contribution in [0.15, 0.2) is 30.3 Å². The van der Waals surface area contributed by atoms with Crippen LogP contribution in [0.4, 0.5) is 21.9 Å². The van der Waals surface area contributed by atoms with Crippen molar-refractivity contribution in [2.75, 3.05) is 16.4 Å². The van der Waals surface area contributed by atoms with Crippen LogP contribution in [0.2, 0.25) is 15.1 Å². The summed E-state index contributed by atoms with van der Waals surface area (Å²) in [4.78, 5) is 11.9. The molecule has 0 aromatic heterocycles. The Morgan fingerprint density at radius 3 is 2.24 bits per heavy atom. The molecule has 0 aliphatic carbocycles. The lowest BCUT2D eigenvalue weighted by atomic mass is 10.2. The lowest BCUT2D eigenvalue weighted by molar-refractivity contribution is 0.262. The highest BCUT2D eigenvalue weighted by Gasteiger charge is 2.10. The molecule has 5 nitrogen and oxygen atoms in total. The number of anilines is 3. The second-order valence-corrected chi connectivity index (χ2v) is 5.41. The van der Waals surface area contributed by atoms with Crippen molar-refractivity contribution >= 4 is 57.9 Å². The summed E-state index contributed by atoms with van der Waals surface area (Å²) in [5, 5.41) is 15.7. The first-order chi connectivity index (χ1) is 9.85. The molecule has 0 radical (unpaired) electrons. The predicted octanol–water partition coefficient (Wildman–Crippen LogP) is 4.58. The van der Waals surface area contributed by atoms with E-state index in [-0.39, 0.29) is 22.1 Å². The summed E-state index contributed by atoms with van der Waals surface area (Å²) in [6.07, 6.45) is 0. The third kappa shape index (κ3) is 4.07. The summed E-state index contributed by atoms with van der Waals surface area (Å²) in [6.45, 7) is 0. The number of carbonyl (C=O) groups excluding carboxylic acids is 1. The zero-order chi connectivity index (χ0) is 15.6. The number of hydrogen-bond donors (Lipinski definition) is 4. The van der Waals surface area contributed by atoms with Gasteiger partial charge in [0.1, 0.15) is 5.75 Å². The molecule has 0 spiro atoms. The number of aromatic hydroxyl groups is 1. The molecule has 0 unspecified atom stereocenters. The van der Waals surface area contributed by atoms with Crippen LogP contribution in [-0.2, 0) is 0 Å². The Hall–Kier alpha value is -1.82. The van der Waals surface area contributed by atoms with E-state index in [9.17, 15) is 9.90 Å². The van der Waals surface area contributed by atoms with Crippen molar-refractivity contribution in [1.29, 1.82) is 0 Å². The maximum Gasteiger partial charge on any atom is 0.323 e. The average molecular weight is 347 g/mol. The van der Waals surface area contributed by atoms with Crippen LogP contribution in [0.3, 0.4) is 0 Å². The van der Waals surface area contributed by atoms with Gasteiger partial charge in [0.25, 0.3) is 0 Å². The summed E-state index contributed by atoms with van der Waals surface area (Å²) in [5.41, 5.74) is 6.27. The van der Waals surface area contributed by atoms with Crippen molar-refractivity contribution in [2.45, 2.75) is 0 Å². The maximum atomic E-state index is 11.9. The molecule has 0 atom stereocenters. The number of phenols is 1. The molecule has 0 heterocycles. The molecule has 0 aliphatic heterocycles. The average Bonchev–Trinajstić information content (AvgIpc) is 2.34. The molecule has 8 heteroatoms. The topological polar surface area (TPSA) is 87.4 Å². The van der Waals surface area contributed by atoms with Crippen molar-refractivity contribution in [1.82, 2.24) is 0 Å². The van der Waals surface area contributed by atoms with Gasteiger partial charge in [0.2, 0.25) is 0 Å². The van der Waals surface area contributed by atoms with Gasteiger partial charge in [-0.2, -0.15) is 0 Å². The van der Waals surface area contributed by atoms with Crippen LogP contribution in [0.5, 0.6) is 5.75 Å². The molecule has 0 saturated heterocycles. The molecule has 2 amide bonds. The molecular formula is C13H10Cl3N3O2. The third-order valence-corrected chi connectivity index (χ3v) is 3.25. The zero-order valence-electron chi connectivity index (χ0n) is 10.5. The van der Waals surface area contributed by atoms with E-state index < -0.39 is 6.03 Å². The number of phenolic OH excluding ortho intramolecular Hbond substituents is 1. The third-order valence-electron chi connectivity index (χ3n) is 2.48. The number of rotatable bonds is 2. The van der Waals surface area contributed by atoms with Gasteiger partial charge in [0.05, 0.1) is 16.4 Å². The fourth-order valence-electron chi connectivity index (χ4n) is 1.59. The standard InChI is InChI=1S/C13H10Cl3N3O2/c14-6-1-7(15)3-8(2-6)18-13(21)19-11-4-9(16)10(17)5-12(11)20/h1-5,20H,17H2,(H2,18,19,21). The monoisotopic (exact) mass is 345 g/mol. The highest BCUT2D eigenvalue weighted by Crippen LogP contribution is 2.32. The lowest BCUT2D eigenvalue weighted by Crippen LogP contribution is -2.19. The van der Waals surface area contributed by atoms with E-state index >= 15 is 0 Å². The lowest BCUT2D eigenvalue weighted by Gasteiger charge is -2.11. The quantitative estimate of drug-likeness (QED) is 0.474. The smallest absolute Gasteiger partial charge is 0.323 e. The minimum Gasteiger partial charge on any atom is -0.506 e. The Bertz CT molecular complexity index is 687. The first-order valence-electron chi connectivity index (χ1n) is 5.67. The van der Waals surface area contributed by atoms with E-state index in [1.807, 2.05) is 0 Å². The first-order valence-corrected chi connectivity index (χ1v) is 6.80. The Labute approximate surface area is 135 Å². The van der Waals surface area contributed by atoms with E-state index in [0.717, 1.165) is 0 Å². The van der Waals surface area contributed by atoms with Gasteiger partial charge in [-0.15, -0.1) is 0 Å². The number of nitrogens with one attached hydrogen (secondary N) is 2. The van der Waals surface area contributed by atoms with E-state index in [1.54, 1.807) is 0 Å². The van der Waals surface area contributed by atoms with Crippen LogP contribution in [0, 0.1) is 0 Å². The number of benzene rings is 2. The van der Waals surface area contributed by atoms with E-state index in [4.69, 9.17) is 40.5 Å². The predicted molar refractivity (Wildman–Crippen MR) is 86.6 cm³/mol. The van der Waals surface area contributed by atoms with Crippen LogP contribution in [-0.4, -0.2) is 11.1 Å². The Balaban J connectivity index is 2.13. The summed E-state index contributed by atoms with van der Waals surface area (Å²) in [5.74, 6) is -0.198. The summed E-state index contributed by atoms with van der Waals surface area (Å²) >= 11 is 17.5. The van der Waals surface area contributed by atoms with Crippen LogP contribution < -0.4 is 16.4 Å². The van der Waals surface area contributed by atoms with Gasteiger partial charge in [-0.1, -0.05) is 34.8 Å². The van der Waals surface area contributed by atoms with Gasteiger partial charge in [0.15, 0.2) is 0 Å². The number of hydrogen-bond acceptors (Lipinski definition) is 3. The first kappa shape index (κ1) is 15.6. The molecule has 0 bridgehead atoms. The van der Waals surface area contributed by atoms with Gasteiger partial charge in [0, 0.05) is 21.8 Å². The number of urea groups is 1. The molecule has 0 aliphatic rings. The van der Waals surface area contributed by atoms with Gasteiger partial charge in [-0.3, -0.25) is 0 Å². The van der Waals surface area contributed by atoms with E-state index in [0.29, 0.717) is 15.7 Å². The van der Waals surface area contributed by atoms with Crippen LogP contribution in [0.25, 0.3) is 0 Å². The van der Waals surface area contributed by atoms with E-state index in [2.05, 4.69) is 10.6 Å². The second-order valence-electron chi connectivity index (χ2n) is 4.13. The normalized spacial score (nSPS) is 10.2. The van der Waals surface area contributed by atoms with E-state index in [1.165, 1.54) is 30.3 Å². The molecule has 0 saturated carbocycles. The van der Waals surface area contributed by atoms with Crippen LogP contribution in [0.1, 0.15) is 0 Å². The molecular weight excluding hydrogens is 337 g/mol. The molecule has 21 heavy (non-hydrogen) atoms. The Morgan fingerprint density at radius 2 is 1.62 bits per heavy atom. The van der Waals surface area contributed by atoms with Gasteiger partial charge < -0.3 is 21.5 Å². The fraction of sp³-hybridized carbons (Fsp3) is 0. The zero-order valence-corrected chi connectivity index (χ0v) is 12.7. The van der Waals surface area contributed by atoms with Crippen molar-refractivity contribution in [3.63, 3.8) is 0 Å². The maximum absolute atomic E-state index is 11.9. The fourth-order valence-corrected chi connectivity index (χ4v) is 2.28. The van der Waals surface area contributed by atoms with Crippen LogP contribution >= 0.6 is 34.8 Å². The molecule has 2 aromatic carbocycles. The SMILES string of the molecule is Nc1cc(O)c(NC(=O)Nc2cc(Cl)cc(Cl)c2)cc1Cl. The van der Waals surface area contributed by atoms with Gasteiger partial charge in [-0.25, -0.2) is 4.79 Å². The number of carbonyl (C=O) groups is 1. The summed E-state index contributed by atoms with van der Waals surface area (Å²) in [6, 6.07) is 6.60. The molecule has 2 aromatic rings. The minimum absolute atomic E-state index is 0.125. The van der Waals surface area contributed by atoms with Crippen molar-refractivity contribution < 1.29 is 9.90 Å².